The summed E-state index contributed by atoms with van der Waals surface area (Å²) >= 11 is 0. The van der Waals surface area contributed by atoms with Gasteiger partial charge < -0.3 is 20.4 Å². The highest BCUT2D eigenvalue weighted by molar-refractivity contribution is 7.89. The molecule has 24 heavy (non-hydrogen) atoms. The predicted molar refractivity (Wildman–Crippen MR) is 83.6 cm³/mol. The van der Waals surface area contributed by atoms with E-state index in [0.717, 1.165) is 19.4 Å². The Balaban J connectivity index is 1.64. The Bertz CT molecular complexity index is 730. The van der Waals surface area contributed by atoms with Crippen molar-refractivity contribution < 1.29 is 22.4 Å². The number of hydrogen-bond acceptors (Lipinski definition) is 6. The molecule has 0 saturated carbocycles. The maximum absolute atomic E-state index is 12.5. The summed E-state index contributed by atoms with van der Waals surface area (Å²) < 4.78 is 31.3. The zero-order valence-electron chi connectivity index (χ0n) is 13.1. The van der Waals surface area contributed by atoms with E-state index in [1.54, 1.807) is 4.90 Å². The van der Waals surface area contributed by atoms with Crippen LogP contribution in [0.4, 0.5) is 0 Å². The molecule has 0 radical (unpaired) electrons. The maximum atomic E-state index is 12.5. The highest BCUT2D eigenvalue weighted by atomic mass is 32.2. The van der Waals surface area contributed by atoms with Crippen LogP contribution in [0, 0.1) is 0 Å². The number of nitrogens with one attached hydrogen (secondary N) is 1. The van der Waals surface area contributed by atoms with Crippen LogP contribution in [0.5, 0.6) is 0 Å². The SMILES string of the molecule is NC(=O)c1ccc(S(=O)(=O)N2CCN(C(=O)C3CCCN3)CC2)o1. The second-order valence-corrected chi connectivity index (χ2v) is 7.73. The van der Waals surface area contributed by atoms with Crippen molar-refractivity contribution in [3.8, 4) is 0 Å². The van der Waals surface area contributed by atoms with Crippen LogP contribution in [0.3, 0.4) is 0 Å². The van der Waals surface area contributed by atoms with Crippen molar-refractivity contribution in [2.45, 2.75) is 24.0 Å². The van der Waals surface area contributed by atoms with Crippen LogP contribution in [0.15, 0.2) is 21.6 Å². The Hall–Kier alpha value is -1.91. The molecule has 1 unspecified atom stereocenters. The van der Waals surface area contributed by atoms with E-state index in [-0.39, 0.29) is 35.9 Å². The van der Waals surface area contributed by atoms with Crippen LogP contribution in [-0.2, 0) is 14.8 Å². The molecule has 2 aliphatic heterocycles. The van der Waals surface area contributed by atoms with Crippen LogP contribution >= 0.6 is 0 Å². The van der Waals surface area contributed by atoms with Crippen molar-refractivity contribution in [3.05, 3.63) is 17.9 Å². The normalized spacial score (nSPS) is 22.7. The third-order valence-corrected chi connectivity index (χ3v) is 6.10. The molecule has 132 valence electrons. The lowest BCUT2D eigenvalue weighted by Crippen LogP contribution is -2.54. The van der Waals surface area contributed by atoms with Crippen molar-refractivity contribution in [3.63, 3.8) is 0 Å². The largest absolute Gasteiger partial charge is 0.438 e. The highest BCUT2D eigenvalue weighted by Gasteiger charge is 2.34. The summed E-state index contributed by atoms with van der Waals surface area (Å²) in [5, 5.41) is 2.84. The first-order chi connectivity index (χ1) is 11.4. The van der Waals surface area contributed by atoms with E-state index in [4.69, 9.17) is 10.2 Å². The van der Waals surface area contributed by atoms with Crippen LogP contribution in [0.2, 0.25) is 0 Å². The quantitative estimate of drug-likeness (QED) is 0.710. The number of carbonyl (C=O) groups excluding carboxylic acids is 2. The van der Waals surface area contributed by atoms with Gasteiger partial charge in [0.2, 0.25) is 11.0 Å². The lowest BCUT2D eigenvalue weighted by Gasteiger charge is -2.34. The molecular weight excluding hydrogens is 336 g/mol. The van der Waals surface area contributed by atoms with Crippen LogP contribution in [0.1, 0.15) is 23.4 Å². The number of piperazine rings is 1. The summed E-state index contributed by atoms with van der Waals surface area (Å²) in [5.74, 6) is -0.996. The minimum absolute atomic E-state index is 0.0264. The molecule has 3 heterocycles. The maximum Gasteiger partial charge on any atom is 0.284 e. The van der Waals surface area contributed by atoms with Crippen molar-refractivity contribution in [1.82, 2.24) is 14.5 Å². The van der Waals surface area contributed by atoms with Crippen LogP contribution in [-0.4, -0.2) is 68.2 Å². The number of primary amides is 1. The van der Waals surface area contributed by atoms with E-state index in [1.807, 2.05) is 0 Å². The van der Waals surface area contributed by atoms with E-state index < -0.39 is 15.9 Å². The van der Waals surface area contributed by atoms with Gasteiger partial charge in [0.15, 0.2) is 5.76 Å². The molecule has 1 aromatic rings. The third kappa shape index (κ3) is 3.17. The first kappa shape index (κ1) is 16.9. The molecule has 10 heteroatoms. The topological polar surface area (TPSA) is 126 Å². The second-order valence-electron chi connectivity index (χ2n) is 5.86. The Morgan fingerprint density at radius 2 is 1.92 bits per heavy atom. The average molecular weight is 356 g/mol. The summed E-state index contributed by atoms with van der Waals surface area (Å²) in [6.45, 7) is 1.88. The standard InChI is InChI=1S/C14H20N4O5S/c15-13(19)11-3-4-12(23-11)24(21,22)18-8-6-17(7-9-18)14(20)10-2-1-5-16-10/h3-4,10,16H,1-2,5-9H2,(H2,15,19). The number of furan rings is 1. The van der Waals surface area contributed by atoms with E-state index in [1.165, 1.54) is 16.4 Å². The number of hydrogen-bond donors (Lipinski definition) is 2. The fraction of sp³-hybridized carbons (Fsp3) is 0.571. The molecule has 2 fully saturated rings. The van der Waals surface area contributed by atoms with Gasteiger partial charge in [-0.25, -0.2) is 8.42 Å². The van der Waals surface area contributed by atoms with Crippen molar-refractivity contribution in [2.75, 3.05) is 32.7 Å². The van der Waals surface area contributed by atoms with Crippen molar-refractivity contribution >= 4 is 21.8 Å². The lowest BCUT2D eigenvalue weighted by atomic mass is 10.2. The molecule has 9 nitrogen and oxygen atoms in total. The Labute approximate surface area is 139 Å². The van der Waals surface area contributed by atoms with Crippen LogP contribution in [0.25, 0.3) is 0 Å². The molecular formula is C14H20N4O5S. The van der Waals surface area contributed by atoms with Crippen molar-refractivity contribution in [2.24, 2.45) is 5.73 Å². The molecule has 3 N–H and O–H groups in total. The number of sulfonamides is 1. The molecule has 1 aromatic heterocycles. The molecule has 0 aromatic carbocycles. The smallest absolute Gasteiger partial charge is 0.284 e. The van der Waals surface area contributed by atoms with E-state index >= 15 is 0 Å². The number of rotatable bonds is 4. The first-order valence-electron chi connectivity index (χ1n) is 7.81. The third-order valence-electron chi connectivity index (χ3n) is 4.33. The van der Waals surface area contributed by atoms with Gasteiger partial charge >= 0.3 is 0 Å². The summed E-state index contributed by atoms with van der Waals surface area (Å²) in [4.78, 5) is 25.0. The Kier molecular flexibility index (Phi) is 4.61. The van der Waals surface area contributed by atoms with Gasteiger partial charge in [-0.15, -0.1) is 0 Å². The molecule has 0 spiro atoms. The average Bonchev–Trinajstić information content (AvgIpc) is 3.26. The number of nitrogens with two attached hydrogens (primary N) is 1. The number of nitrogens with zero attached hydrogens (tertiary/aromatic N) is 2. The van der Waals surface area contributed by atoms with Crippen LogP contribution < -0.4 is 11.1 Å². The van der Waals surface area contributed by atoms with Gasteiger partial charge in [0, 0.05) is 26.2 Å². The monoisotopic (exact) mass is 356 g/mol. The first-order valence-corrected chi connectivity index (χ1v) is 9.25. The number of carbonyl (C=O) groups is 2. The van der Waals surface area contributed by atoms with Gasteiger partial charge in [-0.1, -0.05) is 0 Å². The second kappa shape index (κ2) is 6.54. The highest BCUT2D eigenvalue weighted by Crippen LogP contribution is 2.21. The number of amides is 2. The van der Waals surface area contributed by atoms with Crippen molar-refractivity contribution in [1.29, 1.82) is 0 Å². The Morgan fingerprint density at radius 3 is 2.46 bits per heavy atom. The summed E-state index contributed by atoms with van der Waals surface area (Å²) in [5.41, 5.74) is 5.07. The van der Waals surface area contributed by atoms with E-state index in [2.05, 4.69) is 5.32 Å². The zero-order chi connectivity index (χ0) is 17.3. The summed E-state index contributed by atoms with van der Waals surface area (Å²) in [6, 6.07) is 2.30. The molecule has 2 aliphatic rings. The minimum Gasteiger partial charge on any atom is -0.438 e. The molecule has 0 bridgehead atoms. The predicted octanol–water partition coefficient (Wildman–Crippen LogP) is -1.04. The summed E-state index contributed by atoms with van der Waals surface area (Å²) in [7, 11) is -3.84. The van der Waals surface area contributed by atoms with Gasteiger partial charge in [0.25, 0.3) is 15.9 Å². The molecule has 1 atom stereocenters. The van der Waals surface area contributed by atoms with Gasteiger partial charge in [-0.05, 0) is 31.5 Å². The molecule has 2 amide bonds. The zero-order valence-corrected chi connectivity index (χ0v) is 13.9. The molecule has 0 aliphatic carbocycles. The fourth-order valence-electron chi connectivity index (χ4n) is 2.98. The van der Waals surface area contributed by atoms with E-state index in [0.29, 0.717) is 13.1 Å². The van der Waals surface area contributed by atoms with E-state index in [9.17, 15) is 18.0 Å². The fourth-order valence-corrected chi connectivity index (χ4v) is 4.32. The van der Waals surface area contributed by atoms with Gasteiger partial charge in [0.05, 0.1) is 6.04 Å². The molecule has 2 saturated heterocycles. The Morgan fingerprint density at radius 1 is 1.21 bits per heavy atom. The van der Waals surface area contributed by atoms with Gasteiger partial charge in [-0.3, -0.25) is 9.59 Å². The molecule has 3 rings (SSSR count). The lowest BCUT2D eigenvalue weighted by molar-refractivity contribution is -0.134. The minimum atomic E-state index is -3.84. The van der Waals surface area contributed by atoms with Gasteiger partial charge in [0.1, 0.15) is 0 Å². The summed E-state index contributed by atoms with van der Waals surface area (Å²) in [6.07, 6.45) is 1.80. The van der Waals surface area contributed by atoms with Gasteiger partial charge in [-0.2, -0.15) is 4.31 Å².